The van der Waals surface area contributed by atoms with Gasteiger partial charge >= 0.3 is 6.01 Å². The van der Waals surface area contributed by atoms with E-state index in [-0.39, 0.29) is 17.7 Å². The number of anilines is 3. The average molecular weight is 447 g/mol. The maximum absolute atomic E-state index is 14.4. The van der Waals surface area contributed by atoms with E-state index in [4.69, 9.17) is 9.47 Å². The summed E-state index contributed by atoms with van der Waals surface area (Å²) in [6.07, 6.45) is 3.09. The van der Waals surface area contributed by atoms with Gasteiger partial charge in [-0.1, -0.05) is 0 Å². The fourth-order valence-electron chi connectivity index (χ4n) is 3.74. The minimum atomic E-state index is -0.288. The summed E-state index contributed by atoms with van der Waals surface area (Å²) < 4.78 is 25.5. The Morgan fingerprint density at radius 1 is 1.03 bits per heavy atom. The van der Waals surface area contributed by atoms with Crippen molar-refractivity contribution in [2.24, 2.45) is 0 Å². The Morgan fingerprint density at radius 3 is 2.61 bits per heavy atom. The van der Waals surface area contributed by atoms with Crippen LogP contribution in [0.5, 0.6) is 17.6 Å². The molecule has 1 aliphatic rings. The van der Waals surface area contributed by atoms with Gasteiger partial charge in [0.25, 0.3) is 0 Å². The number of hydrogen-bond acceptors (Lipinski definition) is 8. The first-order valence-electron chi connectivity index (χ1n) is 10.5. The highest BCUT2D eigenvalue weighted by Crippen LogP contribution is 2.31. The molecular formula is C24H22FN5O3. The molecule has 8 nitrogen and oxygen atoms in total. The molecule has 3 heterocycles. The second-order valence-corrected chi connectivity index (χ2v) is 7.64. The van der Waals surface area contributed by atoms with Gasteiger partial charge in [-0.25, -0.2) is 4.39 Å². The van der Waals surface area contributed by atoms with Crippen molar-refractivity contribution in [2.45, 2.75) is 0 Å². The molecule has 0 saturated carbocycles. The minimum Gasteiger partial charge on any atom is -0.493 e. The van der Waals surface area contributed by atoms with Gasteiger partial charge in [0.05, 0.1) is 30.3 Å². The molecule has 0 atom stereocenters. The Hall–Kier alpha value is -3.98. The molecule has 5 rings (SSSR count). The zero-order valence-electron chi connectivity index (χ0n) is 18.0. The second kappa shape index (κ2) is 8.87. The van der Waals surface area contributed by atoms with E-state index in [1.54, 1.807) is 30.5 Å². The van der Waals surface area contributed by atoms with E-state index in [0.717, 1.165) is 30.2 Å². The summed E-state index contributed by atoms with van der Waals surface area (Å²) in [6.45, 7) is 2.75. The van der Waals surface area contributed by atoms with Crippen molar-refractivity contribution >= 4 is 28.0 Å². The third-order valence-corrected chi connectivity index (χ3v) is 5.52. The van der Waals surface area contributed by atoms with Crippen molar-refractivity contribution in [3.63, 3.8) is 0 Å². The predicted octanol–water partition coefficient (Wildman–Crippen LogP) is 4.27. The topological polar surface area (TPSA) is 83.8 Å². The Balaban J connectivity index is 1.35. The van der Waals surface area contributed by atoms with Crippen molar-refractivity contribution in [3.05, 3.63) is 66.7 Å². The van der Waals surface area contributed by atoms with Gasteiger partial charge in [-0.2, -0.15) is 9.97 Å². The Bertz CT molecular complexity index is 1280. The number of hydrogen-bond donors (Lipinski definition) is 1. The van der Waals surface area contributed by atoms with E-state index in [9.17, 15) is 9.50 Å². The first-order valence-corrected chi connectivity index (χ1v) is 10.5. The maximum Gasteiger partial charge on any atom is 0.325 e. The number of aromatic nitrogens is 3. The maximum atomic E-state index is 14.4. The van der Waals surface area contributed by atoms with Gasteiger partial charge in [0.1, 0.15) is 11.6 Å². The molecule has 4 aromatic rings. The molecule has 0 bridgehead atoms. The zero-order chi connectivity index (χ0) is 22.8. The molecule has 1 saturated heterocycles. The molecule has 1 N–H and O–H groups in total. The van der Waals surface area contributed by atoms with Crippen molar-refractivity contribution in [1.29, 1.82) is 0 Å². The first-order chi connectivity index (χ1) is 16.1. The van der Waals surface area contributed by atoms with Crippen LogP contribution in [0.3, 0.4) is 0 Å². The molecule has 0 unspecified atom stereocenters. The van der Waals surface area contributed by atoms with Crippen LogP contribution in [0.15, 0.2) is 60.9 Å². The summed E-state index contributed by atoms with van der Waals surface area (Å²) in [5.41, 5.74) is 2.91. The van der Waals surface area contributed by atoms with Crippen LogP contribution in [0.2, 0.25) is 0 Å². The van der Waals surface area contributed by atoms with Crippen molar-refractivity contribution < 1.29 is 19.0 Å². The molecule has 33 heavy (non-hydrogen) atoms. The van der Waals surface area contributed by atoms with Gasteiger partial charge < -0.3 is 24.4 Å². The number of benzene rings is 2. The molecule has 1 fully saturated rings. The molecule has 0 amide bonds. The third kappa shape index (κ3) is 4.49. The van der Waals surface area contributed by atoms with E-state index in [1.807, 2.05) is 30.1 Å². The molecule has 0 radical (unpaired) electrons. The summed E-state index contributed by atoms with van der Waals surface area (Å²) in [6, 6.07) is 13.9. The first kappa shape index (κ1) is 20.9. The van der Waals surface area contributed by atoms with Gasteiger partial charge in [0.15, 0.2) is 0 Å². The SMILES string of the molecule is CN(c1ccc(Oc2nc(O)c3ccncc3n2)cc1)c1cc(F)cc(N2CCOCC2)c1. The van der Waals surface area contributed by atoms with E-state index >= 15 is 0 Å². The van der Waals surface area contributed by atoms with Gasteiger partial charge in [0, 0.05) is 43.4 Å². The molecule has 9 heteroatoms. The predicted molar refractivity (Wildman–Crippen MR) is 123 cm³/mol. The van der Waals surface area contributed by atoms with Crippen LogP contribution in [0.1, 0.15) is 0 Å². The molecular weight excluding hydrogens is 425 g/mol. The Morgan fingerprint density at radius 2 is 1.82 bits per heavy atom. The highest BCUT2D eigenvalue weighted by atomic mass is 19.1. The molecule has 0 spiro atoms. The number of halogens is 1. The zero-order valence-corrected chi connectivity index (χ0v) is 18.0. The second-order valence-electron chi connectivity index (χ2n) is 7.64. The van der Waals surface area contributed by atoms with Crippen LogP contribution in [0, 0.1) is 5.82 Å². The number of ether oxygens (including phenoxy) is 2. The van der Waals surface area contributed by atoms with Crippen LogP contribution in [-0.2, 0) is 4.74 Å². The third-order valence-electron chi connectivity index (χ3n) is 5.52. The van der Waals surface area contributed by atoms with Crippen LogP contribution in [0.25, 0.3) is 10.9 Å². The summed E-state index contributed by atoms with van der Waals surface area (Å²) in [5.74, 6) is 0.0440. The quantitative estimate of drug-likeness (QED) is 0.486. The summed E-state index contributed by atoms with van der Waals surface area (Å²) in [7, 11) is 1.88. The largest absolute Gasteiger partial charge is 0.493 e. The number of aromatic hydroxyl groups is 1. The molecule has 2 aromatic carbocycles. The fourth-order valence-corrected chi connectivity index (χ4v) is 3.74. The van der Waals surface area contributed by atoms with E-state index in [2.05, 4.69) is 19.9 Å². The lowest BCUT2D eigenvalue weighted by molar-refractivity contribution is 0.122. The van der Waals surface area contributed by atoms with E-state index < -0.39 is 0 Å². The molecule has 2 aromatic heterocycles. The van der Waals surface area contributed by atoms with Crippen LogP contribution in [0.4, 0.5) is 21.5 Å². The van der Waals surface area contributed by atoms with E-state index in [1.165, 1.54) is 12.3 Å². The monoisotopic (exact) mass is 447 g/mol. The fraction of sp³-hybridized carbons (Fsp3) is 0.208. The normalized spacial score (nSPS) is 13.8. The summed E-state index contributed by atoms with van der Waals surface area (Å²) >= 11 is 0. The van der Waals surface area contributed by atoms with Gasteiger partial charge in [0.2, 0.25) is 5.88 Å². The van der Waals surface area contributed by atoms with Gasteiger partial charge in [-0.05, 0) is 48.5 Å². The number of morpholine rings is 1. The number of rotatable bonds is 5. The van der Waals surface area contributed by atoms with Crippen molar-refractivity contribution in [3.8, 4) is 17.6 Å². The van der Waals surface area contributed by atoms with E-state index in [0.29, 0.717) is 29.9 Å². The lowest BCUT2D eigenvalue weighted by Crippen LogP contribution is -2.36. The lowest BCUT2D eigenvalue weighted by Gasteiger charge is -2.30. The summed E-state index contributed by atoms with van der Waals surface area (Å²) in [5, 5.41) is 10.6. The van der Waals surface area contributed by atoms with Gasteiger partial charge in [-0.15, -0.1) is 0 Å². The number of pyridine rings is 1. The van der Waals surface area contributed by atoms with Crippen molar-refractivity contribution in [2.75, 3.05) is 43.2 Å². The standard InChI is InChI=1S/C24H22FN5O3/c1-29(18-12-16(25)13-19(14-18)30-8-10-32-11-9-30)17-2-4-20(5-3-17)33-24-27-22-15-26-7-6-21(22)23(31)28-24/h2-7,12-15H,8-11H2,1H3,(H,27,28,31). The molecule has 168 valence electrons. The smallest absolute Gasteiger partial charge is 0.325 e. The van der Waals surface area contributed by atoms with Crippen LogP contribution in [-0.4, -0.2) is 53.4 Å². The van der Waals surface area contributed by atoms with Crippen molar-refractivity contribution in [1.82, 2.24) is 15.0 Å². The minimum absolute atomic E-state index is 0.0226. The lowest BCUT2D eigenvalue weighted by atomic mass is 10.2. The number of fused-ring (bicyclic) bond motifs is 1. The molecule has 0 aliphatic carbocycles. The molecule has 1 aliphatic heterocycles. The summed E-state index contributed by atoms with van der Waals surface area (Å²) in [4.78, 5) is 16.3. The average Bonchev–Trinajstić information content (AvgIpc) is 2.84. The van der Waals surface area contributed by atoms with Crippen LogP contribution >= 0.6 is 0 Å². The van der Waals surface area contributed by atoms with Crippen LogP contribution < -0.4 is 14.5 Å². The Labute approximate surface area is 189 Å². The highest BCUT2D eigenvalue weighted by molar-refractivity contribution is 5.82. The number of nitrogens with zero attached hydrogens (tertiary/aromatic N) is 5. The highest BCUT2D eigenvalue weighted by Gasteiger charge is 2.15. The Kier molecular flexibility index (Phi) is 5.62. The van der Waals surface area contributed by atoms with Gasteiger partial charge in [-0.3, -0.25) is 4.98 Å².